The lowest BCUT2D eigenvalue weighted by Crippen LogP contribution is -2.11. The average molecular weight is 557 g/mol. The van der Waals surface area contributed by atoms with Crippen LogP contribution in [0.1, 0.15) is 10.4 Å². The summed E-state index contributed by atoms with van der Waals surface area (Å²) >= 11 is 7.27. The van der Waals surface area contributed by atoms with E-state index in [0.29, 0.717) is 43.5 Å². The van der Waals surface area contributed by atoms with Crippen LogP contribution in [0, 0.1) is 0 Å². The first-order valence-electron chi connectivity index (χ1n) is 11.4. The second-order valence-electron chi connectivity index (χ2n) is 8.14. The van der Waals surface area contributed by atoms with E-state index in [1.807, 2.05) is 30.3 Å². The second-order valence-corrected chi connectivity index (χ2v) is 9.58. The number of hydrogen-bond donors (Lipinski definition) is 4. The number of tetrazole rings is 1. The highest BCUT2D eigenvalue weighted by Gasteiger charge is 2.19. The number of carbonyl (C=O) groups is 1. The molecule has 1 amide bonds. The van der Waals surface area contributed by atoms with Gasteiger partial charge in [-0.2, -0.15) is 10.2 Å². The van der Waals surface area contributed by atoms with Crippen LogP contribution in [0.3, 0.4) is 0 Å². The predicted octanol–water partition coefficient (Wildman–Crippen LogP) is 5.27. The number of benzene rings is 3. The van der Waals surface area contributed by atoms with Crippen LogP contribution >= 0.6 is 22.9 Å². The Kier molecular flexibility index (Phi) is 6.40. The van der Waals surface area contributed by atoms with Crippen LogP contribution in [0.4, 0.5) is 22.3 Å². The number of nitrogens with zero attached hydrogens (tertiary/aromatic N) is 6. The maximum Gasteiger partial charge on any atom is 0.272 e. The molecular weight excluding hydrogens is 540 g/mol. The van der Waals surface area contributed by atoms with Crippen molar-refractivity contribution < 1.29 is 9.32 Å². The van der Waals surface area contributed by atoms with Crippen LogP contribution in [0.5, 0.6) is 0 Å². The molecule has 0 radical (unpaired) electrons. The zero-order chi connectivity index (χ0) is 26.8. The largest absolute Gasteiger partial charge is 0.382 e. The monoisotopic (exact) mass is 556 g/mol. The summed E-state index contributed by atoms with van der Waals surface area (Å²) in [6, 6.07) is 21.3. The van der Waals surface area contributed by atoms with Gasteiger partial charge >= 0.3 is 0 Å². The van der Waals surface area contributed by atoms with E-state index in [0.717, 1.165) is 11.3 Å². The van der Waals surface area contributed by atoms with Gasteiger partial charge in [0.1, 0.15) is 10.7 Å². The normalized spacial score (nSPS) is 10.9. The number of carbonyl (C=O) groups excluding carboxylic acids is 1. The highest BCUT2D eigenvalue weighted by Crippen LogP contribution is 2.36. The van der Waals surface area contributed by atoms with Crippen molar-refractivity contribution in [3.63, 3.8) is 0 Å². The average Bonchev–Trinajstić information content (AvgIpc) is 3.71. The summed E-state index contributed by atoms with van der Waals surface area (Å²) in [5.41, 5.74) is 9.37. The van der Waals surface area contributed by atoms with E-state index in [9.17, 15) is 4.79 Å². The molecule has 3 aromatic carbocycles. The standard InChI is InChI=1S/C25H17ClN10O2S/c26-16-7-1-6-15(10-16)23(37)28-17-8-2-4-13(11-17)21-31-24(38-34-21)19-20(27)30-25(39-19)29-18-9-3-5-14(12-18)22-32-35-36-33-22/h1-12H,27H2,(H,28,37)(H,29,30)(H,32,33,35,36). The third kappa shape index (κ3) is 5.30. The van der Waals surface area contributed by atoms with Gasteiger partial charge in [-0.3, -0.25) is 4.79 Å². The van der Waals surface area contributed by atoms with Crippen LogP contribution < -0.4 is 16.4 Å². The maximum absolute atomic E-state index is 12.6. The van der Waals surface area contributed by atoms with E-state index in [1.165, 1.54) is 11.3 Å². The summed E-state index contributed by atoms with van der Waals surface area (Å²) < 4.78 is 5.49. The number of nitrogens with one attached hydrogen (secondary N) is 3. The molecule has 3 heterocycles. The molecule has 192 valence electrons. The van der Waals surface area contributed by atoms with Gasteiger partial charge < -0.3 is 20.9 Å². The number of hydrogen-bond acceptors (Lipinski definition) is 11. The molecule has 0 spiro atoms. The molecule has 6 aromatic rings. The van der Waals surface area contributed by atoms with Gasteiger partial charge in [0.15, 0.2) is 5.13 Å². The Morgan fingerprint density at radius 1 is 0.949 bits per heavy atom. The SMILES string of the molecule is Nc1nc(Nc2cccc(-c3nn[nH]n3)c2)sc1-c1nc(-c2cccc(NC(=O)c3cccc(Cl)c3)c2)no1. The lowest BCUT2D eigenvalue weighted by molar-refractivity contribution is 0.102. The molecule has 3 aromatic heterocycles. The number of rotatable bonds is 7. The third-order valence-corrected chi connectivity index (χ3v) is 6.67. The molecule has 14 heteroatoms. The molecule has 12 nitrogen and oxygen atoms in total. The summed E-state index contributed by atoms with van der Waals surface area (Å²) in [5, 5.41) is 25.2. The molecule has 0 saturated heterocycles. The topological polar surface area (TPSA) is 173 Å². The molecule has 0 atom stereocenters. The predicted molar refractivity (Wildman–Crippen MR) is 148 cm³/mol. The van der Waals surface area contributed by atoms with Crippen molar-refractivity contribution in [3.05, 3.63) is 83.4 Å². The highest BCUT2D eigenvalue weighted by molar-refractivity contribution is 7.19. The van der Waals surface area contributed by atoms with Crippen molar-refractivity contribution in [1.82, 2.24) is 35.7 Å². The lowest BCUT2D eigenvalue weighted by Gasteiger charge is -2.06. The number of nitrogens with two attached hydrogens (primary N) is 1. The number of amides is 1. The summed E-state index contributed by atoms with van der Waals surface area (Å²) in [7, 11) is 0. The van der Waals surface area contributed by atoms with E-state index in [2.05, 4.69) is 46.4 Å². The Balaban J connectivity index is 1.19. The minimum absolute atomic E-state index is 0.224. The minimum Gasteiger partial charge on any atom is -0.382 e. The fourth-order valence-corrected chi connectivity index (χ4v) is 4.70. The number of aromatic amines is 1. The van der Waals surface area contributed by atoms with Crippen molar-refractivity contribution in [2.45, 2.75) is 0 Å². The first-order valence-corrected chi connectivity index (χ1v) is 12.6. The Bertz CT molecular complexity index is 1780. The number of H-pyrrole nitrogens is 1. The lowest BCUT2D eigenvalue weighted by atomic mass is 10.1. The first kappa shape index (κ1) is 24.2. The van der Waals surface area contributed by atoms with Gasteiger partial charge in [0, 0.05) is 33.1 Å². The van der Waals surface area contributed by atoms with E-state index < -0.39 is 0 Å². The molecule has 0 unspecified atom stereocenters. The third-order valence-electron chi connectivity index (χ3n) is 5.46. The quantitative estimate of drug-likeness (QED) is 0.203. The Morgan fingerprint density at radius 3 is 2.51 bits per heavy atom. The van der Waals surface area contributed by atoms with Crippen LogP contribution in [-0.2, 0) is 0 Å². The van der Waals surface area contributed by atoms with Crippen molar-refractivity contribution in [1.29, 1.82) is 0 Å². The van der Waals surface area contributed by atoms with Crippen molar-refractivity contribution >= 4 is 51.2 Å². The Labute approximate surface area is 229 Å². The second kappa shape index (κ2) is 10.3. The number of halogens is 1. The van der Waals surface area contributed by atoms with E-state index >= 15 is 0 Å². The van der Waals surface area contributed by atoms with E-state index in [4.69, 9.17) is 21.9 Å². The number of aromatic nitrogens is 7. The van der Waals surface area contributed by atoms with E-state index in [1.54, 1.807) is 42.5 Å². The summed E-state index contributed by atoms with van der Waals surface area (Å²) in [5.74, 6) is 0.990. The number of thiazole rings is 1. The first-order chi connectivity index (χ1) is 19.0. The summed E-state index contributed by atoms with van der Waals surface area (Å²) in [6.45, 7) is 0. The van der Waals surface area contributed by atoms with Gasteiger partial charge in [-0.05, 0) is 47.7 Å². The van der Waals surface area contributed by atoms with Crippen molar-refractivity contribution in [3.8, 4) is 33.5 Å². The highest BCUT2D eigenvalue weighted by atomic mass is 35.5. The van der Waals surface area contributed by atoms with Crippen LogP contribution in [0.25, 0.3) is 33.5 Å². The molecule has 0 fully saturated rings. The van der Waals surface area contributed by atoms with Gasteiger partial charge in [-0.15, -0.1) is 10.2 Å². The molecule has 6 rings (SSSR count). The van der Waals surface area contributed by atoms with Gasteiger partial charge in [0.05, 0.1) is 0 Å². The minimum atomic E-state index is -0.288. The zero-order valence-electron chi connectivity index (χ0n) is 19.8. The zero-order valence-corrected chi connectivity index (χ0v) is 21.4. The fraction of sp³-hybridized carbons (Fsp3) is 0. The molecule has 39 heavy (non-hydrogen) atoms. The van der Waals surface area contributed by atoms with Crippen LogP contribution in [-0.4, -0.2) is 41.7 Å². The van der Waals surface area contributed by atoms with Crippen molar-refractivity contribution in [2.24, 2.45) is 0 Å². The fourth-order valence-electron chi connectivity index (χ4n) is 3.68. The van der Waals surface area contributed by atoms with Crippen molar-refractivity contribution in [2.75, 3.05) is 16.4 Å². The van der Waals surface area contributed by atoms with E-state index in [-0.39, 0.29) is 17.6 Å². The molecule has 0 saturated carbocycles. The summed E-state index contributed by atoms with van der Waals surface area (Å²) in [6.07, 6.45) is 0. The maximum atomic E-state index is 12.6. The molecule has 0 aliphatic carbocycles. The Hall–Kier alpha value is -5.14. The van der Waals surface area contributed by atoms with Crippen LogP contribution in [0.2, 0.25) is 5.02 Å². The van der Waals surface area contributed by atoms with Crippen LogP contribution in [0.15, 0.2) is 77.3 Å². The molecule has 0 bridgehead atoms. The number of anilines is 4. The Morgan fingerprint density at radius 2 is 1.72 bits per heavy atom. The molecule has 5 N–H and O–H groups in total. The number of nitrogen functional groups attached to an aromatic ring is 1. The smallest absolute Gasteiger partial charge is 0.272 e. The van der Waals surface area contributed by atoms with Gasteiger partial charge in [-0.1, -0.05) is 58.4 Å². The van der Waals surface area contributed by atoms with Gasteiger partial charge in [0.25, 0.3) is 11.8 Å². The molecule has 0 aliphatic heterocycles. The molecular formula is C25H17ClN10O2S. The molecule has 0 aliphatic rings. The van der Waals surface area contributed by atoms with Gasteiger partial charge in [-0.25, -0.2) is 4.98 Å². The summed E-state index contributed by atoms with van der Waals surface area (Å²) in [4.78, 5) is 22.0. The van der Waals surface area contributed by atoms with Gasteiger partial charge in [0.2, 0.25) is 11.6 Å².